The van der Waals surface area contributed by atoms with Gasteiger partial charge in [-0.1, -0.05) is 127 Å². The molecule has 0 saturated carbocycles. The average Bonchev–Trinajstić information content (AvgIpc) is 4.02. The Bertz CT molecular complexity index is 4300. The lowest BCUT2D eigenvalue weighted by Gasteiger charge is -2.28. The second-order valence-corrected chi connectivity index (χ2v) is 13.5. The first-order valence-corrected chi connectivity index (χ1v) is 17.2. The Labute approximate surface area is 342 Å². The zero-order valence-electron chi connectivity index (χ0n) is 49.4. The molecule has 1 aliphatic carbocycles. The van der Waals surface area contributed by atoms with E-state index in [9.17, 15) is 13.7 Å². The molecule has 0 aliphatic heterocycles. The van der Waals surface area contributed by atoms with Crippen LogP contribution in [0.4, 0.5) is 17.1 Å². The summed E-state index contributed by atoms with van der Waals surface area (Å²) in [5.41, 5.74) is -3.89. The van der Waals surface area contributed by atoms with Crippen molar-refractivity contribution in [1.82, 2.24) is 0 Å². The van der Waals surface area contributed by atoms with Gasteiger partial charge in [0.1, 0.15) is 11.2 Å². The van der Waals surface area contributed by atoms with Crippen molar-refractivity contribution in [3.63, 3.8) is 0 Å². The van der Waals surface area contributed by atoms with Crippen molar-refractivity contribution < 1.29 is 34.6 Å². The van der Waals surface area contributed by atoms with Crippen molar-refractivity contribution in [2.75, 3.05) is 4.90 Å². The maximum Gasteiger partial charge on any atom is 0.135 e. The fourth-order valence-corrected chi connectivity index (χ4v) is 8.02. The number of anilines is 3. The van der Waals surface area contributed by atoms with E-state index in [1.165, 1.54) is 31.2 Å². The van der Waals surface area contributed by atoms with E-state index >= 15 is 0 Å². The molecule has 0 amide bonds. The van der Waals surface area contributed by atoms with Crippen LogP contribution < -0.4 is 4.90 Å². The third-order valence-electron chi connectivity index (χ3n) is 9.60. The Morgan fingerprint density at radius 2 is 1.34 bits per heavy atom. The molecule has 1 unspecified atom stereocenters. The smallest absolute Gasteiger partial charge is 0.135 e. The number of nitrogens with zero attached hydrogens (tertiary/aromatic N) is 1. The molecular weight excluding hydrogens is 663 g/mol. The van der Waals surface area contributed by atoms with Crippen LogP contribution in [0, 0.1) is 0 Å². The fourth-order valence-electron chi connectivity index (χ4n) is 7.04. The van der Waals surface area contributed by atoms with Crippen LogP contribution in [-0.4, -0.2) is 0 Å². The van der Waals surface area contributed by atoms with E-state index in [2.05, 4.69) is 0 Å². The van der Waals surface area contributed by atoms with Crippen LogP contribution >= 0.6 is 11.3 Å². The van der Waals surface area contributed by atoms with Gasteiger partial charge in [0.05, 0.1) is 30.2 Å². The number of rotatable bonds is 5. The van der Waals surface area contributed by atoms with Crippen LogP contribution in [0.15, 0.2) is 186 Å². The molecule has 0 spiro atoms. The maximum atomic E-state index is 9.77. The molecule has 53 heavy (non-hydrogen) atoms. The summed E-state index contributed by atoms with van der Waals surface area (Å²) >= 11 is 0.812. The number of fused-ring (bicyclic) bond motifs is 9. The maximum absolute atomic E-state index is 9.77. The lowest BCUT2D eigenvalue weighted by atomic mass is 9.74. The Balaban J connectivity index is 1.22. The fraction of sp³-hybridized carbons (Fsp3) is 0.0400. The van der Waals surface area contributed by atoms with Crippen molar-refractivity contribution in [3.05, 3.63) is 198 Å². The van der Waals surface area contributed by atoms with Crippen molar-refractivity contribution in [1.29, 1.82) is 0 Å². The number of hydrogen-bond donors (Lipinski definition) is 0. The lowest BCUT2D eigenvalue weighted by Crippen LogP contribution is -2.22. The summed E-state index contributed by atoms with van der Waals surface area (Å²) in [6.45, 7) is 1.51. The Morgan fingerprint density at radius 3 is 2.28 bits per heavy atom. The number of hydrogen-bond acceptors (Lipinski definition) is 3. The van der Waals surface area contributed by atoms with Gasteiger partial charge < -0.3 is 9.32 Å². The molecule has 0 N–H and O–H groups in total. The molecule has 2 aromatic heterocycles. The van der Waals surface area contributed by atoms with Gasteiger partial charge >= 0.3 is 0 Å². The Kier molecular flexibility index (Phi) is 3.41. The van der Waals surface area contributed by atoms with E-state index < -0.39 is 101 Å². The van der Waals surface area contributed by atoms with Gasteiger partial charge in [-0.15, -0.1) is 11.3 Å². The first-order valence-electron chi connectivity index (χ1n) is 27.4. The van der Waals surface area contributed by atoms with E-state index in [0.29, 0.717) is 0 Å². The largest absolute Gasteiger partial charge is 0.456 e. The Morgan fingerprint density at radius 1 is 0.528 bits per heavy atom. The molecule has 0 radical (unpaired) electrons. The van der Waals surface area contributed by atoms with Gasteiger partial charge in [0.25, 0.3) is 0 Å². The SMILES string of the molecule is [2H]c1cc([2H])c(-c2c([2H])cc(N(c3cc4c(cc3[2H])oc3c([2H])c(C5(C)c6cc([2H])c([2H])c([2H])c6-c6cc([2H])c([2H])c([2H])c65)c([2H])c([2H])c34)c3c([2H])c([2H])c4c(sc5c([2H])c([2H])cc([2H])c54)c3[2H])c([2H])c2[2H])c([2H])c1. The molecule has 10 aromatic rings. The summed E-state index contributed by atoms with van der Waals surface area (Å²) in [6.07, 6.45) is 0. The standard InChI is InChI=1S/C50H33NOS/c1-50(44-16-8-5-13-38(44)39-14-6-9-17-45(39)50)34-21-26-40-43-30-36(25-28-46(43)52-47(40)29-34)51(35-22-19-33(20-23-35)32-11-3-2-4-12-32)37-24-27-42-41-15-7-10-18-48(41)53-49(42)31-37/h2-31H,1H3/i2D,5D,6D,8D,9D,10D,11D,12D,13D,15D,17D,18D,19D,20D,21D,22D,24D,25D,26D,27D,29D,31D. The van der Waals surface area contributed by atoms with Gasteiger partial charge in [-0.2, -0.15) is 0 Å². The van der Waals surface area contributed by atoms with E-state index in [4.69, 9.17) is 20.9 Å². The topological polar surface area (TPSA) is 16.4 Å². The molecule has 0 bridgehead atoms. The highest BCUT2D eigenvalue weighted by Crippen LogP contribution is 2.53. The van der Waals surface area contributed by atoms with Crippen LogP contribution in [-0.2, 0) is 5.41 Å². The zero-order chi connectivity index (χ0) is 54.2. The van der Waals surface area contributed by atoms with Crippen LogP contribution in [0.3, 0.4) is 0 Å². The lowest BCUT2D eigenvalue weighted by molar-refractivity contribution is 0.662. The van der Waals surface area contributed by atoms with Crippen LogP contribution in [0.2, 0.25) is 0 Å². The van der Waals surface area contributed by atoms with Gasteiger partial charge in [0, 0.05) is 53.4 Å². The highest BCUT2D eigenvalue weighted by molar-refractivity contribution is 7.25. The van der Waals surface area contributed by atoms with Gasteiger partial charge in [0.2, 0.25) is 0 Å². The number of benzene rings is 8. The molecule has 250 valence electrons. The van der Waals surface area contributed by atoms with Crippen LogP contribution in [0.5, 0.6) is 0 Å². The zero-order valence-corrected chi connectivity index (χ0v) is 28.2. The summed E-state index contributed by atoms with van der Waals surface area (Å²) in [5.74, 6) is 0. The highest BCUT2D eigenvalue weighted by atomic mass is 32.1. The molecular formula is C50H33NOS. The van der Waals surface area contributed by atoms with E-state index in [0.717, 1.165) is 40.5 Å². The quantitative estimate of drug-likeness (QED) is 0.176. The molecule has 0 saturated heterocycles. The Hall–Kier alpha value is -6.42. The number of thiophene rings is 1. The monoisotopic (exact) mass is 717 g/mol. The van der Waals surface area contributed by atoms with Crippen molar-refractivity contribution in [3.8, 4) is 22.3 Å². The predicted octanol–water partition coefficient (Wildman–Crippen LogP) is 14.4. The molecule has 1 atom stereocenters. The van der Waals surface area contributed by atoms with Crippen LogP contribution in [0.25, 0.3) is 64.4 Å². The minimum Gasteiger partial charge on any atom is -0.456 e. The number of furan rings is 1. The van der Waals surface area contributed by atoms with E-state index in [-0.39, 0.29) is 135 Å². The van der Waals surface area contributed by atoms with Gasteiger partial charge in [-0.25, -0.2) is 0 Å². The molecule has 3 heteroatoms. The molecule has 1 aliphatic rings. The second kappa shape index (κ2) is 11.5. The van der Waals surface area contributed by atoms with Crippen molar-refractivity contribution in [2.24, 2.45) is 0 Å². The molecule has 0 fully saturated rings. The summed E-state index contributed by atoms with van der Waals surface area (Å²) in [4.78, 5) is 1.03. The summed E-state index contributed by atoms with van der Waals surface area (Å²) in [5, 5.41) is -0.171. The molecule has 2 nitrogen and oxygen atoms in total. The average molecular weight is 718 g/mol. The third-order valence-corrected chi connectivity index (χ3v) is 10.6. The second-order valence-electron chi connectivity index (χ2n) is 12.5. The summed E-state index contributed by atoms with van der Waals surface area (Å²) < 4.78 is 205. The normalized spacial score (nSPS) is 20.8. The van der Waals surface area contributed by atoms with Crippen molar-refractivity contribution in [2.45, 2.75) is 12.3 Å². The first kappa shape index (κ1) is 15.7. The molecule has 8 aromatic carbocycles. The molecule has 2 heterocycles. The molecule has 11 rings (SSSR count). The minimum atomic E-state index is -1.81. The highest BCUT2D eigenvalue weighted by Gasteiger charge is 2.40. The predicted molar refractivity (Wildman–Crippen MR) is 224 cm³/mol. The first-order chi connectivity index (χ1) is 35.2. The van der Waals surface area contributed by atoms with Gasteiger partial charge in [-0.05, 0) is 100 Å². The third kappa shape index (κ3) is 4.57. The van der Waals surface area contributed by atoms with E-state index in [1.807, 2.05) is 0 Å². The summed E-state index contributed by atoms with van der Waals surface area (Å²) in [6, 6.07) is -0.739. The van der Waals surface area contributed by atoms with Crippen molar-refractivity contribution >= 4 is 70.5 Å². The minimum absolute atomic E-state index is 0.00563. The van der Waals surface area contributed by atoms with Gasteiger partial charge in [0.15, 0.2) is 0 Å². The van der Waals surface area contributed by atoms with E-state index in [1.54, 1.807) is 0 Å². The van der Waals surface area contributed by atoms with Crippen LogP contribution in [0.1, 0.15) is 53.8 Å². The van der Waals surface area contributed by atoms with Gasteiger partial charge in [-0.3, -0.25) is 0 Å². The summed E-state index contributed by atoms with van der Waals surface area (Å²) in [7, 11) is 0.